The Hall–Kier alpha value is 0.807. The third-order valence-corrected chi connectivity index (χ3v) is 2.52. The van der Waals surface area contributed by atoms with Crippen LogP contribution in [0.2, 0.25) is 0 Å². The summed E-state index contributed by atoms with van der Waals surface area (Å²) in [6.07, 6.45) is 4.11. The number of likely N-dealkylation sites (N-methyl/N-ethyl adjacent to an activating group) is 1. The zero-order chi connectivity index (χ0) is 11.7. The first-order chi connectivity index (χ1) is 7.11. The molecule has 0 spiro atoms. The molecule has 0 amide bonds. The van der Waals surface area contributed by atoms with Crippen LogP contribution >= 0.6 is 0 Å². The predicted octanol–water partition coefficient (Wildman–Crippen LogP) is 2.31. The quantitative estimate of drug-likeness (QED) is 0.626. The minimum atomic E-state index is -0.0206. The van der Waals surface area contributed by atoms with Crippen molar-refractivity contribution in [1.29, 1.82) is 0 Å². The zero-order valence-corrected chi connectivity index (χ0v) is 14.2. The van der Waals surface area contributed by atoms with Gasteiger partial charge in [0.05, 0.1) is 5.92 Å². The minimum absolute atomic E-state index is 0. The van der Waals surface area contributed by atoms with E-state index in [1.807, 2.05) is 25.9 Å². The molecule has 0 aromatic carbocycles. The van der Waals surface area contributed by atoms with Gasteiger partial charge in [0.25, 0.3) is 0 Å². The van der Waals surface area contributed by atoms with E-state index < -0.39 is 0 Å². The second kappa shape index (κ2) is 12.3. The molecule has 1 atom stereocenters. The van der Waals surface area contributed by atoms with Crippen LogP contribution in [0.25, 0.3) is 0 Å². The molecule has 0 N–H and O–H groups in total. The summed E-state index contributed by atoms with van der Waals surface area (Å²) in [6.45, 7) is 5.50. The average molecular weight is 355 g/mol. The molecule has 0 radical (unpaired) electrons. The summed E-state index contributed by atoms with van der Waals surface area (Å²) in [5.41, 5.74) is 0. The van der Waals surface area contributed by atoms with Gasteiger partial charge in [0, 0.05) is 48.3 Å². The molecule has 0 aliphatic carbocycles. The van der Waals surface area contributed by atoms with Crippen molar-refractivity contribution in [3.05, 3.63) is 0 Å². The Kier molecular flexibility index (Phi) is 14.7. The third kappa shape index (κ3) is 9.99. The van der Waals surface area contributed by atoms with Crippen molar-refractivity contribution in [3.8, 4) is 0 Å². The van der Waals surface area contributed by atoms with Crippen molar-refractivity contribution in [3.63, 3.8) is 0 Å². The van der Waals surface area contributed by atoms with E-state index >= 15 is 0 Å². The summed E-state index contributed by atoms with van der Waals surface area (Å²) in [5, 5.41) is 0. The van der Waals surface area contributed by atoms with Crippen LogP contribution in [0.3, 0.4) is 0 Å². The van der Waals surface area contributed by atoms with Crippen molar-refractivity contribution in [2.24, 2.45) is 5.92 Å². The van der Waals surface area contributed by atoms with Gasteiger partial charge in [-0.3, -0.25) is 4.79 Å². The second-order valence-electron chi connectivity index (χ2n) is 4.22. The summed E-state index contributed by atoms with van der Waals surface area (Å²) in [7, 11) is 3.95. The predicted molar refractivity (Wildman–Crippen MR) is 62.8 cm³/mol. The monoisotopic (exact) mass is 355 g/mol. The number of hydrogen-bond acceptors (Lipinski definition) is 3. The van der Waals surface area contributed by atoms with Gasteiger partial charge in [0.2, 0.25) is 0 Å². The Balaban J connectivity index is 0. The Morgan fingerprint density at radius 3 is 2.38 bits per heavy atom. The standard InChI is InChI=1S/C12H25NO2.Ce/c1-5-7-8-11(6-2)12(14)15-10-9-13(3)4;/h11H,5-10H2,1-4H3;. The molecule has 0 aromatic rings. The molecule has 0 fully saturated rings. The molecule has 0 aromatic heterocycles. The van der Waals surface area contributed by atoms with Gasteiger partial charge in [-0.1, -0.05) is 26.7 Å². The number of nitrogens with zero attached hydrogens (tertiary/aromatic N) is 1. The van der Waals surface area contributed by atoms with E-state index in [2.05, 4.69) is 6.92 Å². The molecular weight excluding hydrogens is 330 g/mol. The van der Waals surface area contributed by atoms with E-state index in [0.29, 0.717) is 6.61 Å². The molecule has 0 heterocycles. The second-order valence-corrected chi connectivity index (χ2v) is 4.22. The van der Waals surface area contributed by atoms with Gasteiger partial charge in [-0.15, -0.1) is 0 Å². The smallest absolute Gasteiger partial charge is 0.308 e. The number of unbranched alkanes of at least 4 members (excludes halogenated alkanes) is 1. The molecule has 1 unspecified atom stereocenters. The van der Waals surface area contributed by atoms with Gasteiger partial charge in [-0.2, -0.15) is 0 Å². The van der Waals surface area contributed by atoms with Gasteiger partial charge in [-0.05, 0) is 26.9 Å². The number of carbonyl (C=O) groups is 1. The van der Waals surface area contributed by atoms with Crippen LogP contribution in [0.15, 0.2) is 0 Å². The third-order valence-electron chi connectivity index (χ3n) is 2.52. The first-order valence-electron chi connectivity index (χ1n) is 5.93. The van der Waals surface area contributed by atoms with E-state index in [9.17, 15) is 4.79 Å². The SMILES string of the molecule is CCCCC(CC)C(=O)OCCN(C)C.[Ce]. The van der Waals surface area contributed by atoms with Crippen LogP contribution in [0.4, 0.5) is 0 Å². The molecule has 16 heavy (non-hydrogen) atoms. The van der Waals surface area contributed by atoms with Gasteiger partial charge in [0.1, 0.15) is 6.61 Å². The molecule has 4 heteroatoms. The fraction of sp³-hybridized carbons (Fsp3) is 0.917. The van der Waals surface area contributed by atoms with Gasteiger partial charge in [-0.25, -0.2) is 0 Å². The van der Waals surface area contributed by atoms with Crippen molar-refractivity contribution < 1.29 is 51.3 Å². The van der Waals surface area contributed by atoms with Crippen LogP contribution in [-0.2, 0) is 9.53 Å². The summed E-state index contributed by atoms with van der Waals surface area (Å²) in [6, 6.07) is 0. The largest absolute Gasteiger partial charge is 0.464 e. The Bertz CT molecular complexity index is 174. The molecule has 0 bridgehead atoms. The number of rotatable bonds is 8. The molecular formula is C12H25CeNO2. The van der Waals surface area contributed by atoms with Crippen molar-refractivity contribution >= 4 is 5.97 Å². The summed E-state index contributed by atoms with van der Waals surface area (Å²) in [4.78, 5) is 13.6. The normalized spacial score (nSPS) is 12.1. The zero-order valence-electron chi connectivity index (χ0n) is 11.1. The molecule has 3 nitrogen and oxygen atoms in total. The molecule has 0 aliphatic rings. The van der Waals surface area contributed by atoms with Gasteiger partial charge in [0.15, 0.2) is 0 Å². The Morgan fingerprint density at radius 1 is 1.31 bits per heavy atom. The Labute approximate surface area is 134 Å². The minimum Gasteiger partial charge on any atom is -0.464 e. The fourth-order valence-corrected chi connectivity index (χ4v) is 1.39. The maximum absolute atomic E-state index is 11.6. The van der Waals surface area contributed by atoms with Crippen molar-refractivity contribution in [2.75, 3.05) is 27.2 Å². The molecule has 0 rings (SSSR count). The number of carbonyl (C=O) groups excluding carboxylic acids is 1. The van der Waals surface area contributed by atoms with E-state index in [4.69, 9.17) is 4.74 Å². The van der Waals surface area contributed by atoms with Crippen LogP contribution in [-0.4, -0.2) is 38.1 Å². The maximum Gasteiger partial charge on any atom is 0.308 e. The van der Waals surface area contributed by atoms with Gasteiger partial charge < -0.3 is 9.64 Å². The molecule has 0 saturated heterocycles. The van der Waals surface area contributed by atoms with E-state index in [1.54, 1.807) is 0 Å². The summed E-state index contributed by atoms with van der Waals surface area (Å²) >= 11 is 0. The van der Waals surface area contributed by atoms with E-state index in [-0.39, 0.29) is 53.6 Å². The maximum atomic E-state index is 11.6. The van der Waals surface area contributed by atoms with Crippen molar-refractivity contribution in [2.45, 2.75) is 39.5 Å². The van der Waals surface area contributed by atoms with Crippen LogP contribution in [0, 0.1) is 47.7 Å². The van der Waals surface area contributed by atoms with Crippen LogP contribution in [0.1, 0.15) is 39.5 Å². The van der Waals surface area contributed by atoms with Gasteiger partial charge >= 0.3 is 5.97 Å². The van der Waals surface area contributed by atoms with Crippen molar-refractivity contribution in [1.82, 2.24) is 4.90 Å². The first kappa shape index (κ1) is 19.2. The summed E-state index contributed by atoms with van der Waals surface area (Å²) in [5.74, 6) is 0.0833. The summed E-state index contributed by atoms with van der Waals surface area (Å²) < 4.78 is 5.22. The van der Waals surface area contributed by atoms with E-state index in [1.165, 1.54) is 0 Å². The topological polar surface area (TPSA) is 29.5 Å². The molecule has 0 aliphatic heterocycles. The fourth-order valence-electron chi connectivity index (χ4n) is 1.39. The number of ether oxygens (including phenoxy) is 1. The first-order valence-corrected chi connectivity index (χ1v) is 5.93. The molecule has 0 saturated carbocycles. The van der Waals surface area contributed by atoms with Crippen LogP contribution < -0.4 is 0 Å². The number of hydrogen-bond donors (Lipinski definition) is 0. The van der Waals surface area contributed by atoms with Crippen LogP contribution in [0.5, 0.6) is 0 Å². The van der Waals surface area contributed by atoms with E-state index in [0.717, 1.165) is 32.2 Å². The average Bonchev–Trinajstić information content (AvgIpc) is 2.18. The molecule has 94 valence electrons. The Morgan fingerprint density at radius 2 is 1.94 bits per heavy atom. The number of esters is 1.